The molecule has 4 heteroatoms. The summed E-state index contributed by atoms with van der Waals surface area (Å²) in [5.41, 5.74) is -0.123. The van der Waals surface area contributed by atoms with Gasteiger partial charge in [-0.1, -0.05) is 0 Å². The first-order valence-electron chi connectivity index (χ1n) is 5.57. The Kier molecular flexibility index (Phi) is 4.93. The second-order valence-electron chi connectivity index (χ2n) is 5.16. The molecule has 1 aliphatic heterocycles. The lowest BCUT2D eigenvalue weighted by molar-refractivity contribution is -0.121. The van der Waals surface area contributed by atoms with Gasteiger partial charge < -0.3 is 10.6 Å². The van der Waals surface area contributed by atoms with E-state index in [0.717, 1.165) is 12.5 Å². The van der Waals surface area contributed by atoms with Gasteiger partial charge in [0.05, 0.1) is 6.54 Å². The molecule has 1 fully saturated rings. The number of nitrogens with one attached hydrogen (secondary N) is 2. The molecule has 0 aromatic carbocycles. The number of carbonyl (C=O) groups is 1. The van der Waals surface area contributed by atoms with E-state index in [-0.39, 0.29) is 11.4 Å². The van der Waals surface area contributed by atoms with E-state index in [1.807, 2.05) is 32.5 Å². The van der Waals surface area contributed by atoms with Gasteiger partial charge in [0.25, 0.3) is 0 Å². The number of carbonyl (C=O) groups excluding carboxylic acids is 1. The van der Waals surface area contributed by atoms with Crippen LogP contribution in [0.5, 0.6) is 0 Å². The molecule has 1 rings (SSSR count). The van der Waals surface area contributed by atoms with Gasteiger partial charge in [-0.3, -0.25) is 4.79 Å². The quantitative estimate of drug-likeness (QED) is 0.763. The first kappa shape index (κ1) is 12.8. The average molecular weight is 230 g/mol. The van der Waals surface area contributed by atoms with E-state index in [9.17, 15) is 4.79 Å². The van der Waals surface area contributed by atoms with Crippen LogP contribution in [-0.4, -0.2) is 36.0 Å². The summed E-state index contributed by atoms with van der Waals surface area (Å²) in [6.07, 6.45) is 1.29. The molecular formula is C11H22N2OS. The van der Waals surface area contributed by atoms with Gasteiger partial charge in [0.2, 0.25) is 5.91 Å². The van der Waals surface area contributed by atoms with Crippen LogP contribution in [0.2, 0.25) is 0 Å². The van der Waals surface area contributed by atoms with Crippen molar-refractivity contribution in [1.82, 2.24) is 10.6 Å². The summed E-state index contributed by atoms with van der Waals surface area (Å²) in [5, 5.41) is 6.16. The molecule has 1 atom stereocenters. The van der Waals surface area contributed by atoms with Crippen LogP contribution < -0.4 is 10.6 Å². The fourth-order valence-electron chi connectivity index (χ4n) is 1.60. The fourth-order valence-corrected chi connectivity index (χ4v) is 2.88. The van der Waals surface area contributed by atoms with Crippen LogP contribution in [0.1, 0.15) is 27.2 Å². The molecular weight excluding hydrogens is 208 g/mol. The van der Waals surface area contributed by atoms with Crippen molar-refractivity contribution in [2.24, 2.45) is 5.92 Å². The van der Waals surface area contributed by atoms with Crippen molar-refractivity contribution in [1.29, 1.82) is 0 Å². The van der Waals surface area contributed by atoms with Gasteiger partial charge in [-0.05, 0) is 51.2 Å². The van der Waals surface area contributed by atoms with E-state index in [1.165, 1.54) is 17.9 Å². The van der Waals surface area contributed by atoms with Gasteiger partial charge in [-0.25, -0.2) is 0 Å². The zero-order chi connectivity index (χ0) is 11.3. The van der Waals surface area contributed by atoms with Crippen molar-refractivity contribution in [2.45, 2.75) is 32.7 Å². The van der Waals surface area contributed by atoms with Gasteiger partial charge in [0, 0.05) is 5.54 Å². The van der Waals surface area contributed by atoms with E-state index in [2.05, 4.69) is 10.6 Å². The van der Waals surface area contributed by atoms with Crippen LogP contribution in [0.4, 0.5) is 0 Å². The van der Waals surface area contributed by atoms with Crippen molar-refractivity contribution >= 4 is 17.7 Å². The second kappa shape index (κ2) is 5.75. The largest absolute Gasteiger partial charge is 0.350 e. The molecule has 1 heterocycles. The molecule has 0 aromatic heterocycles. The summed E-state index contributed by atoms with van der Waals surface area (Å²) in [5.74, 6) is 3.37. The fraction of sp³-hybridized carbons (Fsp3) is 0.909. The predicted octanol–water partition coefficient (Wildman–Crippen LogP) is 1.24. The van der Waals surface area contributed by atoms with Gasteiger partial charge in [0.1, 0.15) is 0 Å². The van der Waals surface area contributed by atoms with Crippen molar-refractivity contribution in [3.8, 4) is 0 Å². The maximum atomic E-state index is 11.5. The lowest BCUT2D eigenvalue weighted by atomic mass is 10.1. The van der Waals surface area contributed by atoms with Crippen molar-refractivity contribution in [2.75, 3.05) is 24.6 Å². The van der Waals surface area contributed by atoms with Crippen LogP contribution >= 0.6 is 11.8 Å². The number of amides is 1. The normalized spacial score (nSPS) is 21.7. The van der Waals surface area contributed by atoms with Crippen molar-refractivity contribution < 1.29 is 4.79 Å². The zero-order valence-corrected chi connectivity index (χ0v) is 10.7. The molecule has 2 N–H and O–H groups in total. The maximum absolute atomic E-state index is 11.5. The molecule has 1 aliphatic rings. The van der Waals surface area contributed by atoms with Crippen molar-refractivity contribution in [3.05, 3.63) is 0 Å². The third-order valence-corrected chi connectivity index (χ3v) is 3.49. The predicted molar refractivity (Wildman–Crippen MR) is 66.2 cm³/mol. The molecule has 0 aliphatic carbocycles. The molecule has 1 unspecified atom stereocenters. The third-order valence-electron chi connectivity index (χ3n) is 2.26. The van der Waals surface area contributed by atoms with Crippen LogP contribution in [0.15, 0.2) is 0 Å². The minimum Gasteiger partial charge on any atom is -0.350 e. The van der Waals surface area contributed by atoms with Gasteiger partial charge in [-0.2, -0.15) is 11.8 Å². The average Bonchev–Trinajstić information content (AvgIpc) is 2.53. The number of hydrogen-bond donors (Lipinski definition) is 2. The summed E-state index contributed by atoms with van der Waals surface area (Å²) in [6, 6.07) is 0. The minimum atomic E-state index is -0.123. The molecule has 1 saturated heterocycles. The molecule has 3 nitrogen and oxygen atoms in total. The Bertz CT molecular complexity index is 207. The van der Waals surface area contributed by atoms with E-state index < -0.39 is 0 Å². The Balaban J connectivity index is 2.06. The topological polar surface area (TPSA) is 41.1 Å². The highest BCUT2D eigenvalue weighted by Crippen LogP contribution is 2.22. The standard InChI is InChI=1S/C11H22N2OS/c1-11(2,3)13-10(14)7-12-6-9-4-5-15-8-9/h9,12H,4-8H2,1-3H3,(H,13,14). The van der Waals surface area contributed by atoms with E-state index in [4.69, 9.17) is 0 Å². The van der Waals surface area contributed by atoms with E-state index in [0.29, 0.717) is 6.54 Å². The van der Waals surface area contributed by atoms with Gasteiger partial charge in [0.15, 0.2) is 0 Å². The van der Waals surface area contributed by atoms with E-state index in [1.54, 1.807) is 0 Å². The summed E-state index contributed by atoms with van der Waals surface area (Å²) in [7, 11) is 0. The highest BCUT2D eigenvalue weighted by atomic mass is 32.2. The van der Waals surface area contributed by atoms with Crippen molar-refractivity contribution in [3.63, 3.8) is 0 Å². The Morgan fingerprint density at radius 3 is 2.73 bits per heavy atom. The lowest BCUT2D eigenvalue weighted by Gasteiger charge is -2.20. The van der Waals surface area contributed by atoms with E-state index >= 15 is 0 Å². The molecule has 0 saturated carbocycles. The molecule has 1 amide bonds. The Morgan fingerprint density at radius 1 is 1.47 bits per heavy atom. The number of rotatable bonds is 4. The van der Waals surface area contributed by atoms with Crippen LogP contribution in [0, 0.1) is 5.92 Å². The molecule has 0 bridgehead atoms. The third kappa shape index (κ3) is 6.05. The lowest BCUT2D eigenvalue weighted by Crippen LogP contribution is -2.45. The first-order chi connectivity index (χ1) is 6.97. The first-order valence-corrected chi connectivity index (χ1v) is 6.72. The molecule has 0 aromatic rings. The van der Waals surface area contributed by atoms with Gasteiger partial charge in [-0.15, -0.1) is 0 Å². The summed E-state index contributed by atoms with van der Waals surface area (Å²) in [6.45, 7) is 7.42. The monoisotopic (exact) mass is 230 g/mol. The summed E-state index contributed by atoms with van der Waals surface area (Å²) in [4.78, 5) is 11.5. The maximum Gasteiger partial charge on any atom is 0.234 e. The number of hydrogen-bond acceptors (Lipinski definition) is 3. The Hall–Kier alpha value is -0.220. The van der Waals surface area contributed by atoms with Gasteiger partial charge >= 0.3 is 0 Å². The minimum absolute atomic E-state index is 0.0909. The SMILES string of the molecule is CC(C)(C)NC(=O)CNCC1CCSC1. The summed E-state index contributed by atoms with van der Waals surface area (Å²) < 4.78 is 0. The number of thioether (sulfide) groups is 1. The molecule has 88 valence electrons. The van der Waals surface area contributed by atoms with Crippen LogP contribution in [0.25, 0.3) is 0 Å². The van der Waals surface area contributed by atoms with Crippen LogP contribution in [0.3, 0.4) is 0 Å². The smallest absolute Gasteiger partial charge is 0.234 e. The Morgan fingerprint density at radius 2 is 2.20 bits per heavy atom. The molecule has 0 radical (unpaired) electrons. The molecule has 15 heavy (non-hydrogen) atoms. The highest BCUT2D eigenvalue weighted by Gasteiger charge is 2.16. The second-order valence-corrected chi connectivity index (χ2v) is 6.31. The zero-order valence-electron chi connectivity index (χ0n) is 9.93. The summed E-state index contributed by atoms with van der Waals surface area (Å²) >= 11 is 2.01. The Labute approximate surface area is 96.8 Å². The van der Waals surface area contributed by atoms with Crippen LogP contribution in [-0.2, 0) is 4.79 Å². The highest BCUT2D eigenvalue weighted by molar-refractivity contribution is 7.99. The molecule has 0 spiro atoms.